The van der Waals surface area contributed by atoms with Gasteiger partial charge in [0.2, 0.25) is 11.8 Å². The van der Waals surface area contributed by atoms with E-state index in [1.807, 2.05) is 6.07 Å². The molecule has 3 rings (SSSR count). The van der Waals surface area contributed by atoms with Crippen LogP contribution in [0.5, 0.6) is 0 Å². The monoisotopic (exact) mass is 490 g/mol. The molecule has 1 aromatic carbocycles. The van der Waals surface area contributed by atoms with Gasteiger partial charge in [-0.3, -0.25) is 14.9 Å². The summed E-state index contributed by atoms with van der Waals surface area (Å²) >= 11 is 0. The highest BCUT2D eigenvalue weighted by Gasteiger charge is 2.48. The van der Waals surface area contributed by atoms with Gasteiger partial charge in [-0.2, -0.15) is 18.4 Å². The number of alkyl halides is 3. The number of hydrogen-bond acceptors (Lipinski definition) is 6. The van der Waals surface area contributed by atoms with Crippen LogP contribution in [-0.4, -0.2) is 55.5 Å². The second kappa shape index (κ2) is 9.26. The summed E-state index contributed by atoms with van der Waals surface area (Å²) in [5, 5.41) is 16.1. The van der Waals surface area contributed by atoms with Crippen molar-refractivity contribution < 1.29 is 35.6 Å². The fourth-order valence-corrected chi connectivity index (χ4v) is 5.33. The zero-order chi connectivity index (χ0) is 24.4. The van der Waals surface area contributed by atoms with E-state index in [9.17, 15) is 40.8 Å². The SMILES string of the molecule is N#CC1(NC(=O)[C@H](CS(=O)(=O)CC2CCC(=O)N2)N[C@@H](c2ccc(F)cc2)C(F)(F)F)CC1. The third-order valence-electron chi connectivity index (χ3n) is 5.50. The van der Waals surface area contributed by atoms with Gasteiger partial charge in [0.25, 0.3) is 0 Å². The van der Waals surface area contributed by atoms with Gasteiger partial charge in [0.05, 0.1) is 17.6 Å². The van der Waals surface area contributed by atoms with E-state index in [4.69, 9.17) is 0 Å². The number of nitriles is 1. The number of nitrogens with zero attached hydrogens (tertiary/aromatic N) is 1. The summed E-state index contributed by atoms with van der Waals surface area (Å²) in [7, 11) is -4.10. The zero-order valence-electron chi connectivity index (χ0n) is 17.3. The van der Waals surface area contributed by atoms with Crippen LogP contribution in [0.4, 0.5) is 17.6 Å². The molecule has 2 fully saturated rings. The molecule has 1 saturated heterocycles. The van der Waals surface area contributed by atoms with E-state index in [1.165, 1.54) is 0 Å². The Labute approximate surface area is 187 Å². The first kappa shape index (κ1) is 24.9. The number of nitrogens with one attached hydrogen (secondary N) is 3. The van der Waals surface area contributed by atoms with E-state index in [0.717, 1.165) is 24.3 Å². The maximum Gasteiger partial charge on any atom is 0.407 e. The Morgan fingerprint density at radius 1 is 1.27 bits per heavy atom. The van der Waals surface area contributed by atoms with Gasteiger partial charge in [-0.25, -0.2) is 12.8 Å². The highest BCUT2D eigenvalue weighted by atomic mass is 32.2. The molecule has 3 N–H and O–H groups in total. The summed E-state index contributed by atoms with van der Waals surface area (Å²) < 4.78 is 80.1. The highest BCUT2D eigenvalue weighted by Crippen LogP contribution is 2.35. The molecule has 1 heterocycles. The molecule has 1 aliphatic carbocycles. The Bertz CT molecular complexity index is 1050. The minimum Gasteiger partial charge on any atom is -0.352 e. The molecule has 180 valence electrons. The van der Waals surface area contributed by atoms with Crippen LogP contribution in [0.3, 0.4) is 0 Å². The summed E-state index contributed by atoms with van der Waals surface area (Å²) in [5.74, 6) is -3.69. The van der Waals surface area contributed by atoms with Crippen molar-refractivity contribution in [2.75, 3.05) is 11.5 Å². The van der Waals surface area contributed by atoms with Crippen LogP contribution in [0.25, 0.3) is 0 Å². The maximum absolute atomic E-state index is 13.8. The molecule has 33 heavy (non-hydrogen) atoms. The molecule has 0 bridgehead atoms. The molecule has 1 aromatic rings. The van der Waals surface area contributed by atoms with E-state index in [1.54, 1.807) is 0 Å². The number of amides is 2. The normalized spacial score (nSPS) is 21.5. The van der Waals surface area contributed by atoms with Crippen LogP contribution in [0.1, 0.15) is 37.3 Å². The van der Waals surface area contributed by atoms with Gasteiger partial charge in [0, 0.05) is 12.5 Å². The van der Waals surface area contributed by atoms with Gasteiger partial charge >= 0.3 is 6.18 Å². The summed E-state index contributed by atoms with van der Waals surface area (Å²) in [4.78, 5) is 24.1. The molecule has 13 heteroatoms. The standard InChI is InChI=1S/C20H22F4N4O4S/c21-13-3-1-12(2-4-13)17(20(22,23)24)27-15(18(30)28-19(11-25)7-8-19)10-33(31,32)9-14-5-6-16(29)26-14/h1-4,14-15,17,27H,5-10H2,(H,26,29)(H,28,30)/t14?,15-,17-/m0/s1. The summed E-state index contributed by atoms with van der Waals surface area (Å²) in [6, 6.07) is 0.256. The topological polar surface area (TPSA) is 128 Å². The lowest BCUT2D eigenvalue weighted by atomic mass is 10.0. The summed E-state index contributed by atoms with van der Waals surface area (Å²) in [5.41, 5.74) is -1.65. The van der Waals surface area contributed by atoms with Gasteiger partial charge < -0.3 is 10.6 Å². The van der Waals surface area contributed by atoms with Crippen molar-refractivity contribution in [1.29, 1.82) is 5.26 Å². The third kappa shape index (κ3) is 6.64. The Kier molecular flexibility index (Phi) is 6.99. The first-order valence-corrected chi connectivity index (χ1v) is 12.0. The summed E-state index contributed by atoms with van der Waals surface area (Å²) in [6.45, 7) is 0. The van der Waals surface area contributed by atoms with Crippen molar-refractivity contribution in [3.05, 3.63) is 35.6 Å². The van der Waals surface area contributed by atoms with Gasteiger partial charge in [-0.1, -0.05) is 12.1 Å². The molecule has 2 aliphatic rings. The van der Waals surface area contributed by atoms with Gasteiger partial charge in [-0.15, -0.1) is 0 Å². The Hall–Kier alpha value is -2.72. The van der Waals surface area contributed by atoms with E-state index in [-0.39, 0.29) is 18.7 Å². The van der Waals surface area contributed by atoms with Crippen molar-refractivity contribution in [3.8, 4) is 6.07 Å². The van der Waals surface area contributed by atoms with Crippen molar-refractivity contribution >= 4 is 21.7 Å². The molecular weight excluding hydrogens is 468 g/mol. The minimum atomic E-state index is -4.94. The average Bonchev–Trinajstić information content (AvgIpc) is 3.37. The van der Waals surface area contributed by atoms with Crippen LogP contribution in [0.2, 0.25) is 0 Å². The Morgan fingerprint density at radius 2 is 1.91 bits per heavy atom. The first-order valence-electron chi connectivity index (χ1n) is 10.1. The fourth-order valence-electron chi connectivity index (χ4n) is 3.58. The van der Waals surface area contributed by atoms with Crippen LogP contribution in [-0.2, 0) is 19.4 Å². The van der Waals surface area contributed by atoms with Crippen LogP contribution in [0.15, 0.2) is 24.3 Å². The molecule has 1 aliphatic heterocycles. The number of rotatable bonds is 9. The van der Waals surface area contributed by atoms with Crippen molar-refractivity contribution in [2.24, 2.45) is 0 Å². The van der Waals surface area contributed by atoms with Crippen LogP contribution < -0.4 is 16.0 Å². The van der Waals surface area contributed by atoms with Gasteiger partial charge in [0.1, 0.15) is 23.4 Å². The smallest absolute Gasteiger partial charge is 0.352 e. The number of sulfone groups is 1. The fraction of sp³-hybridized carbons (Fsp3) is 0.550. The maximum atomic E-state index is 13.8. The van der Waals surface area contributed by atoms with Gasteiger partial charge in [0.15, 0.2) is 9.84 Å². The molecule has 8 nitrogen and oxygen atoms in total. The van der Waals surface area contributed by atoms with E-state index in [0.29, 0.717) is 12.8 Å². The van der Waals surface area contributed by atoms with E-state index < -0.39 is 68.5 Å². The number of carbonyl (C=O) groups is 2. The predicted molar refractivity (Wildman–Crippen MR) is 108 cm³/mol. The second-order valence-electron chi connectivity index (χ2n) is 8.31. The van der Waals surface area contributed by atoms with Crippen LogP contribution >= 0.6 is 0 Å². The number of halogens is 4. The molecular formula is C20H22F4N4O4S. The quantitative estimate of drug-likeness (QED) is 0.447. The molecule has 0 aromatic heterocycles. The first-order chi connectivity index (χ1) is 15.3. The van der Waals surface area contributed by atoms with Crippen molar-refractivity contribution in [2.45, 2.75) is 55.5 Å². The number of benzene rings is 1. The van der Waals surface area contributed by atoms with Crippen molar-refractivity contribution in [3.63, 3.8) is 0 Å². The summed E-state index contributed by atoms with van der Waals surface area (Å²) in [6.07, 6.45) is -3.96. The molecule has 3 atom stereocenters. The largest absolute Gasteiger partial charge is 0.407 e. The Balaban J connectivity index is 1.85. The highest BCUT2D eigenvalue weighted by molar-refractivity contribution is 7.91. The second-order valence-corrected chi connectivity index (χ2v) is 10.5. The predicted octanol–water partition coefficient (Wildman–Crippen LogP) is 1.25. The third-order valence-corrected chi connectivity index (χ3v) is 7.25. The average molecular weight is 490 g/mol. The van der Waals surface area contributed by atoms with E-state index in [2.05, 4.69) is 16.0 Å². The lowest BCUT2D eigenvalue weighted by molar-refractivity contribution is -0.160. The van der Waals surface area contributed by atoms with Crippen molar-refractivity contribution in [1.82, 2.24) is 16.0 Å². The van der Waals surface area contributed by atoms with E-state index >= 15 is 0 Å². The van der Waals surface area contributed by atoms with Gasteiger partial charge in [-0.05, 0) is 37.0 Å². The molecule has 1 saturated carbocycles. The molecule has 0 radical (unpaired) electrons. The lowest BCUT2D eigenvalue weighted by Crippen LogP contribution is -2.55. The zero-order valence-corrected chi connectivity index (χ0v) is 18.1. The minimum absolute atomic E-state index is 0.133. The number of hydrogen-bond donors (Lipinski definition) is 3. The Morgan fingerprint density at radius 3 is 2.39 bits per heavy atom. The lowest BCUT2D eigenvalue weighted by Gasteiger charge is -2.28. The number of carbonyl (C=O) groups excluding carboxylic acids is 2. The molecule has 1 unspecified atom stereocenters. The molecule has 0 spiro atoms. The van der Waals surface area contributed by atoms with Crippen LogP contribution in [0, 0.1) is 17.1 Å². The molecule has 2 amide bonds.